The Morgan fingerprint density at radius 3 is 2.48 bits per heavy atom. The number of aromatic nitrogens is 1. The minimum atomic E-state index is -0.400. The van der Waals surface area contributed by atoms with E-state index in [2.05, 4.69) is 49.0 Å². The molecule has 3 heteroatoms. The molecule has 3 nitrogen and oxygen atoms in total. The van der Waals surface area contributed by atoms with Crippen LogP contribution in [0.4, 0.5) is 5.69 Å². The minimum absolute atomic E-state index is 0.0621. The summed E-state index contributed by atoms with van der Waals surface area (Å²) in [6.45, 7) is 13.3. The molecule has 1 aromatic carbocycles. The van der Waals surface area contributed by atoms with E-state index >= 15 is 0 Å². The van der Waals surface area contributed by atoms with Crippen LogP contribution in [0.15, 0.2) is 18.3 Å². The van der Waals surface area contributed by atoms with Crippen molar-refractivity contribution in [1.29, 1.82) is 0 Å². The lowest BCUT2D eigenvalue weighted by Crippen LogP contribution is -2.28. The van der Waals surface area contributed by atoms with E-state index in [-0.39, 0.29) is 5.91 Å². The first-order valence-corrected chi connectivity index (χ1v) is 8.66. The van der Waals surface area contributed by atoms with Crippen LogP contribution < -0.4 is 5.32 Å². The van der Waals surface area contributed by atoms with Crippen molar-refractivity contribution in [2.45, 2.75) is 67.3 Å². The summed E-state index contributed by atoms with van der Waals surface area (Å²) in [6, 6.07) is 4.33. The standard InChI is InChI=1S/C20H30N2O/c1-7-8-9-11-22-12-10-16-14(2)13-15(3)17(18(16)22)21-19(23)20(4,5)6/h10,12-13H,7-9,11H2,1-6H3,(H,21,23). The second kappa shape index (κ2) is 6.77. The largest absolute Gasteiger partial charge is 0.346 e. The molecule has 0 atom stereocenters. The van der Waals surface area contributed by atoms with Gasteiger partial charge in [0.2, 0.25) is 5.91 Å². The van der Waals surface area contributed by atoms with Gasteiger partial charge >= 0.3 is 0 Å². The van der Waals surface area contributed by atoms with E-state index < -0.39 is 5.41 Å². The lowest BCUT2D eigenvalue weighted by molar-refractivity contribution is -0.123. The third-order valence-electron chi connectivity index (χ3n) is 4.37. The summed E-state index contributed by atoms with van der Waals surface area (Å²) in [5.74, 6) is 0.0621. The van der Waals surface area contributed by atoms with Crippen LogP contribution in [-0.4, -0.2) is 10.5 Å². The Morgan fingerprint density at radius 1 is 1.17 bits per heavy atom. The highest BCUT2D eigenvalue weighted by Gasteiger charge is 2.23. The van der Waals surface area contributed by atoms with Gasteiger partial charge in [-0.05, 0) is 37.5 Å². The Morgan fingerprint density at radius 2 is 1.87 bits per heavy atom. The van der Waals surface area contributed by atoms with Gasteiger partial charge in [0.05, 0.1) is 11.2 Å². The maximum atomic E-state index is 12.5. The van der Waals surface area contributed by atoms with Gasteiger partial charge in [-0.15, -0.1) is 0 Å². The van der Waals surface area contributed by atoms with Gasteiger partial charge in [-0.2, -0.15) is 0 Å². The lowest BCUT2D eigenvalue weighted by Gasteiger charge is -2.21. The summed E-state index contributed by atoms with van der Waals surface area (Å²) in [5.41, 5.74) is 4.12. The average Bonchev–Trinajstić information content (AvgIpc) is 2.87. The molecule has 1 amide bonds. The highest BCUT2D eigenvalue weighted by atomic mass is 16.2. The maximum Gasteiger partial charge on any atom is 0.229 e. The zero-order valence-corrected chi connectivity index (χ0v) is 15.4. The van der Waals surface area contributed by atoms with Crippen LogP contribution in [0.3, 0.4) is 0 Å². The van der Waals surface area contributed by atoms with Gasteiger partial charge in [-0.3, -0.25) is 4.79 Å². The summed E-state index contributed by atoms with van der Waals surface area (Å²) in [5, 5.41) is 4.41. The fraction of sp³-hybridized carbons (Fsp3) is 0.550. The number of anilines is 1. The molecular weight excluding hydrogens is 284 g/mol. The molecule has 1 aromatic heterocycles. The van der Waals surface area contributed by atoms with E-state index in [1.54, 1.807) is 0 Å². The molecule has 0 aliphatic rings. The van der Waals surface area contributed by atoms with Gasteiger partial charge in [-0.25, -0.2) is 0 Å². The van der Waals surface area contributed by atoms with Crippen LogP contribution >= 0.6 is 0 Å². The molecule has 0 bridgehead atoms. The van der Waals surface area contributed by atoms with Crippen molar-refractivity contribution in [3.05, 3.63) is 29.5 Å². The number of nitrogens with one attached hydrogen (secondary N) is 1. The summed E-state index contributed by atoms with van der Waals surface area (Å²) in [6.07, 6.45) is 5.76. The van der Waals surface area contributed by atoms with Gasteiger partial charge in [0.15, 0.2) is 0 Å². The number of carbonyl (C=O) groups is 1. The number of unbranched alkanes of at least 4 members (excludes halogenated alkanes) is 2. The number of carbonyl (C=O) groups excluding carboxylic acids is 1. The summed E-state index contributed by atoms with van der Waals surface area (Å²) in [7, 11) is 0. The third kappa shape index (κ3) is 3.77. The van der Waals surface area contributed by atoms with E-state index in [1.807, 2.05) is 20.8 Å². The molecule has 2 rings (SSSR count). The highest BCUT2D eigenvalue weighted by molar-refractivity contribution is 6.04. The molecule has 23 heavy (non-hydrogen) atoms. The number of amides is 1. The van der Waals surface area contributed by atoms with Gasteiger partial charge in [0.1, 0.15) is 0 Å². The first-order chi connectivity index (χ1) is 10.8. The van der Waals surface area contributed by atoms with Crippen molar-refractivity contribution in [3.63, 3.8) is 0 Å². The van der Waals surface area contributed by atoms with Crippen molar-refractivity contribution in [1.82, 2.24) is 4.57 Å². The van der Waals surface area contributed by atoms with Crippen molar-refractivity contribution in [2.75, 3.05) is 5.32 Å². The molecule has 126 valence electrons. The van der Waals surface area contributed by atoms with Gasteiger partial charge in [0.25, 0.3) is 0 Å². The third-order valence-corrected chi connectivity index (χ3v) is 4.37. The summed E-state index contributed by atoms with van der Waals surface area (Å²) < 4.78 is 2.29. The van der Waals surface area contributed by atoms with Crippen molar-refractivity contribution in [3.8, 4) is 0 Å². The number of rotatable bonds is 5. The van der Waals surface area contributed by atoms with Gasteiger partial charge in [-0.1, -0.05) is 46.6 Å². The molecule has 1 heterocycles. The predicted molar refractivity (Wildman–Crippen MR) is 99.0 cm³/mol. The van der Waals surface area contributed by atoms with Crippen molar-refractivity contribution in [2.24, 2.45) is 5.41 Å². The quantitative estimate of drug-likeness (QED) is 0.733. The fourth-order valence-electron chi connectivity index (χ4n) is 2.91. The van der Waals surface area contributed by atoms with Gasteiger partial charge < -0.3 is 9.88 Å². The summed E-state index contributed by atoms with van der Waals surface area (Å²) in [4.78, 5) is 12.5. The monoisotopic (exact) mass is 314 g/mol. The first-order valence-electron chi connectivity index (χ1n) is 8.66. The Bertz CT molecular complexity index is 704. The predicted octanol–water partition coefficient (Wildman–Crippen LogP) is 5.43. The molecule has 0 radical (unpaired) electrons. The normalized spacial score (nSPS) is 11.9. The fourth-order valence-corrected chi connectivity index (χ4v) is 2.91. The Balaban J connectivity index is 2.49. The topological polar surface area (TPSA) is 34.0 Å². The highest BCUT2D eigenvalue weighted by Crippen LogP contribution is 2.32. The van der Waals surface area contributed by atoms with Crippen LogP contribution in [0.2, 0.25) is 0 Å². The average molecular weight is 314 g/mol. The van der Waals surface area contributed by atoms with Crippen LogP contribution in [0.1, 0.15) is 58.1 Å². The summed E-state index contributed by atoms with van der Waals surface area (Å²) >= 11 is 0. The first kappa shape index (κ1) is 17.6. The molecule has 0 saturated heterocycles. The van der Waals surface area contributed by atoms with E-state index in [9.17, 15) is 4.79 Å². The van der Waals surface area contributed by atoms with Crippen LogP contribution in [0.25, 0.3) is 10.9 Å². The molecule has 0 fully saturated rings. The van der Waals surface area contributed by atoms with Crippen molar-refractivity contribution < 1.29 is 4.79 Å². The molecular formula is C20H30N2O. The van der Waals surface area contributed by atoms with Crippen LogP contribution in [0, 0.1) is 19.3 Å². The molecule has 0 aliphatic carbocycles. The SMILES string of the molecule is CCCCCn1ccc2c(C)cc(C)c(NC(=O)C(C)(C)C)c21. The number of benzene rings is 1. The second-order valence-corrected chi connectivity index (χ2v) is 7.57. The smallest absolute Gasteiger partial charge is 0.229 e. The minimum Gasteiger partial charge on any atom is -0.346 e. The molecule has 0 unspecified atom stereocenters. The maximum absolute atomic E-state index is 12.5. The molecule has 0 aliphatic heterocycles. The van der Waals surface area contributed by atoms with E-state index in [0.717, 1.165) is 23.3 Å². The van der Waals surface area contributed by atoms with Crippen molar-refractivity contribution >= 4 is 22.5 Å². The lowest BCUT2D eigenvalue weighted by atomic mass is 9.95. The second-order valence-electron chi connectivity index (χ2n) is 7.57. The zero-order valence-electron chi connectivity index (χ0n) is 15.4. The number of nitrogens with zero attached hydrogens (tertiary/aromatic N) is 1. The van der Waals surface area contributed by atoms with E-state index in [4.69, 9.17) is 0 Å². The number of hydrogen-bond acceptors (Lipinski definition) is 1. The van der Waals surface area contributed by atoms with Gasteiger partial charge in [0, 0.05) is 23.5 Å². The zero-order chi connectivity index (χ0) is 17.2. The van der Waals surface area contributed by atoms with E-state index in [1.165, 1.54) is 30.2 Å². The van der Waals surface area contributed by atoms with E-state index in [0.29, 0.717) is 0 Å². The number of aryl methyl sites for hydroxylation is 3. The molecule has 2 aromatic rings. The Kier molecular flexibility index (Phi) is 5.18. The number of hydrogen-bond donors (Lipinski definition) is 1. The molecule has 0 saturated carbocycles. The number of fused-ring (bicyclic) bond motifs is 1. The van der Waals surface area contributed by atoms with Crippen LogP contribution in [0.5, 0.6) is 0 Å². The Hall–Kier alpha value is -1.77. The molecule has 1 N–H and O–H groups in total. The molecule has 0 spiro atoms. The van der Waals surface area contributed by atoms with Crippen LogP contribution in [-0.2, 0) is 11.3 Å². The Labute approximate surface area is 140 Å².